The van der Waals surface area contributed by atoms with Crippen molar-refractivity contribution in [2.45, 2.75) is 86.6 Å². The highest BCUT2D eigenvalue weighted by molar-refractivity contribution is 5.69. The molecule has 4 aromatic heterocycles. The van der Waals surface area contributed by atoms with Crippen molar-refractivity contribution in [3.8, 4) is 46.3 Å². The van der Waals surface area contributed by atoms with Gasteiger partial charge in [-0.1, -0.05) is 48.8 Å². The van der Waals surface area contributed by atoms with E-state index in [0.717, 1.165) is 85.8 Å². The lowest BCUT2D eigenvalue weighted by Crippen LogP contribution is -2.26. The number of hydrogen-bond donors (Lipinski definition) is 3. The number of benzene rings is 2. The van der Waals surface area contributed by atoms with Crippen LogP contribution >= 0.6 is 0 Å². The fourth-order valence-electron chi connectivity index (χ4n) is 9.96. The van der Waals surface area contributed by atoms with Crippen molar-refractivity contribution in [2.24, 2.45) is 35.5 Å². The first-order valence-corrected chi connectivity index (χ1v) is 24.3. The van der Waals surface area contributed by atoms with Crippen molar-refractivity contribution < 1.29 is 38.7 Å². The number of carbonyl (C=O) groups excluding carboxylic acids is 1. The second kappa shape index (κ2) is 24.1. The Bertz CT molecular complexity index is 2830. The Labute approximate surface area is 422 Å². The number of esters is 1. The fourth-order valence-corrected chi connectivity index (χ4v) is 9.96. The number of likely N-dealkylation sites (tertiary alicyclic amines) is 2. The summed E-state index contributed by atoms with van der Waals surface area (Å²) >= 11 is 0. The largest absolute Gasteiger partial charge is 0.481 e. The van der Waals surface area contributed by atoms with E-state index < -0.39 is 18.2 Å². The number of carbonyl (C=O) groups is 2. The van der Waals surface area contributed by atoms with Gasteiger partial charge in [0, 0.05) is 110 Å². The Morgan fingerprint density at radius 3 is 1.49 bits per heavy atom. The molecule has 0 radical (unpaired) electrons. The minimum atomic E-state index is -0.719. The summed E-state index contributed by atoms with van der Waals surface area (Å²) in [6.07, 6.45) is 8.01. The maximum absolute atomic E-state index is 11.5. The van der Waals surface area contributed by atoms with Crippen LogP contribution in [0.4, 0.5) is 0 Å². The molecule has 6 heterocycles. The second-order valence-corrected chi connectivity index (χ2v) is 18.9. The molecule has 380 valence electrons. The summed E-state index contributed by atoms with van der Waals surface area (Å²) in [5.74, 6) is 18.9. The van der Waals surface area contributed by atoms with Crippen LogP contribution in [0.15, 0.2) is 94.5 Å². The maximum Gasteiger partial charge on any atom is 0.305 e. The monoisotopic (exact) mass is 981 g/mol. The number of aliphatic hydroxyl groups excluding tert-OH is 2. The number of nitrogens with zero attached hydrogens (tertiary/aromatic N) is 8. The van der Waals surface area contributed by atoms with Gasteiger partial charge in [-0.15, -0.1) is 0 Å². The highest BCUT2D eigenvalue weighted by Crippen LogP contribution is 2.52. The van der Waals surface area contributed by atoms with Gasteiger partial charge < -0.3 is 48.0 Å². The van der Waals surface area contributed by atoms with Gasteiger partial charge in [0.15, 0.2) is 11.5 Å². The molecule has 8 atom stereocenters. The highest BCUT2D eigenvalue weighted by Gasteiger charge is 2.55. The molecule has 16 nitrogen and oxygen atoms in total. The molecular formula is C56H68N8O8. The second-order valence-electron chi connectivity index (χ2n) is 18.9. The molecule has 2 unspecified atom stereocenters. The molecule has 2 saturated heterocycles. The van der Waals surface area contributed by atoms with Gasteiger partial charge in [0.1, 0.15) is 35.2 Å². The molecule has 16 heteroatoms. The van der Waals surface area contributed by atoms with E-state index in [1.54, 1.807) is 26.2 Å². The maximum atomic E-state index is 11.5. The summed E-state index contributed by atoms with van der Waals surface area (Å²) < 4.78 is 19.8. The predicted molar refractivity (Wildman–Crippen MR) is 272 cm³/mol. The van der Waals surface area contributed by atoms with Gasteiger partial charge in [0.05, 0.1) is 19.7 Å². The third-order valence-electron chi connectivity index (χ3n) is 13.7. The van der Waals surface area contributed by atoms with Gasteiger partial charge in [-0.3, -0.25) is 9.59 Å². The van der Waals surface area contributed by atoms with Crippen LogP contribution in [0.25, 0.3) is 22.6 Å². The van der Waals surface area contributed by atoms with Crippen molar-refractivity contribution in [1.29, 1.82) is 0 Å². The Kier molecular flexibility index (Phi) is 17.7. The fraction of sp³-hybridized carbons (Fsp3) is 0.464. The van der Waals surface area contributed by atoms with E-state index in [1.165, 1.54) is 0 Å². The number of aromatic nitrogens is 6. The summed E-state index contributed by atoms with van der Waals surface area (Å²) in [4.78, 5) is 35.3. The average Bonchev–Trinajstić information content (AvgIpc) is 3.98. The van der Waals surface area contributed by atoms with Gasteiger partial charge >= 0.3 is 11.9 Å². The molecule has 2 saturated carbocycles. The van der Waals surface area contributed by atoms with E-state index in [9.17, 15) is 19.8 Å². The number of ether oxygens (including phenoxy) is 1. The summed E-state index contributed by atoms with van der Waals surface area (Å²) in [5, 5.41) is 36.7. The van der Waals surface area contributed by atoms with Crippen LogP contribution in [0.1, 0.15) is 108 Å². The number of carboxylic acids is 1. The van der Waals surface area contributed by atoms with Crippen LogP contribution in [0.5, 0.6) is 0 Å². The van der Waals surface area contributed by atoms with Gasteiger partial charge in [0.25, 0.3) is 0 Å². The third kappa shape index (κ3) is 13.2. The van der Waals surface area contributed by atoms with Crippen LogP contribution < -0.4 is 0 Å². The molecule has 2 aromatic carbocycles. The third-order valence-corrected chi connectivity index (χ3v) is 13.7. The molecule has 0 bridgehead atoms. The lowest BCUT2D eigenvalue weighted by molar-refractivity contribution is -0.143. The van der Waals surface area contributed by atoms with Crippen molar-refractivity contribution in [2.75, 3.05) is 45.9 Å². The normalized spacial score (nSPS) is 21.2. The molecule has 2 aliphatic heterocycles. The zero-order valence-electron chi connectivity index (χ0n) is 39.9. The number of carboxylic acid groups (broad SMARTS) is 1. The lowest BCUT2D eigenvalue weighted by atomic mass is 10.1. The number of aliphatic hydroxyl groups is 2. The zero-order valence-corrected chi connectivity index (χ0v) is 39.9. The molecule has 3 N–H and O–H groups in total. The molecule has 4 fully saturated rings. The standard InChI is InChI=1S/C28H32N4O4.C26H28N4O4.2CH4/c1-3-35-27(34)5-4-13-31-17-24-23(25(24)18-31)11-8-20-6-9-21(10-7-20)26-15-22(30-36-26)16-32-14-12-29-28(32)19(2)33;1-17(31)26-27-10-12-30(26)14-20-13-24(34-28-20)19-7-4-18(5-8-19)6-9-21-22-15-29(16-23(21)22)11-2-3-25(32)33;;/h6-7,9-10,12,14-15,19,23-25,33H,3-5,13,16-18H2,1-2H3;4-5,7-8,10,12-13,17,21-23,31H,2-3,11,14-16H2,1H3,(H,32,33);2*1H4/t19-,23?,24-,25+;17-,21?,22-,23+;;/m00../s1. The molecular weight excluding hydrogens is 913 g/mol. The molecule has 0 spiro atoms. The lowest BCUT2D eigenvalue weighted by Gasteiger charge is -2.17. The van der Waals surface area contributed by atoms with Crippen LogP contribution in [-0.4, -0.2) is 112 Å². The number of hydrogen-bond acceptors (Lipinski definition) is 13. The minimum Gasteiger partial charge on any atom is -0.481 e. The van der Waals surface area contributed by atoms with Crippen LogP contribution in [0.2, 0.25) is 0 Å². The van der Waals surface area contributed by atoms with Gasteiger partial charge in [-0.05, 0) is 119 Å². The number of aliphatic carboxylic acids is 1. The van der Waals surface area contributed by atoms with E-state index in [0.29, 0.717) is 84.8 Å². The minimum absolute atomic E-state index is 0. The summed E-state index contributed by atoms with van der Waals surface area (Å²) in [5.41, 5.74) is 5.38. The summed E-state index contributed by atoms with van der Waals surface area (Å²) in [6.45, 7) is 12.7. The predicted octanol–water partition coefficient (Wildman–Crippen LogP) is 7.82. The molecule has 2 aliphatic carbocycles. The van der Waals surface area contributed by atoms with Crippen LogP contribution in [0.3, 0.4) is 0 Å². The summed E-state index contributed by atoms with van der Waals surface area (Å²) in [7, 11) is 0. The Morgan fingerprint density at radius 2 is 1.10 bits per heavy atom. The Morgan fingerprint density at radius 1 is 0.681 bits per heavy atom. The van der Waals surface area contributed by atoms with Crippen molar-refractivity contribution in [3.63, 3.8) is 0 Å². The van der Waals surface area contributed by atoms with Gasteiger partial charge in [0.2, 0.25) is 0 Å². The average molecular weight is 981 g/mol. The molecule has 72 heavy (non-hydrogen) atoms. The van der Waals surface area contributed by atoms with Crippen molar-refractivity contribution in [1.82, 2.24) is 39.2 Å². The number of rotatable bonds is 17. The van der Waals surface area contributed by atoms with E-state index in [2.05, 4.69) is 53.8 Å². The molecule has 0 amide bonds. The zero-order chi connectivity index (χ0) is 48.7. The first-order chi connectivity index (χ1) is 34.0. The highest BCUT2D eigenvalue weighted by atomic mass is 16.5. The topological polar surface area (TPSA) is 198 Å². The van der Waals surface area contributed by atoms with Crippen molar-refractivity contribution >= 4 is 11.9 Å². The van der Waals surface area contributed by atoms with Crippen LogP contribution in [-0.2, 0) is 27.4 Å². The molecule has 6 aromatic rings. The van der Waals surface area contributed by atoms with E-state index in [4.69, 9.17) is 18.9 Å². The quantitative estimate of drug-likeness (QED) is 0.0591. The first kappa shape index (κ1) is 53.0. The first-order valence-electron chi connectivity index (χ1n) is 24.3. The smallest absolute Gasteiger partial charge is 0.305 e. The van der Waals surface area contributed by atoms with E-state index in [1.807, 2.05) is 89.1 Å². The number of imidazole rings is 2. The van der Waals surface area contributed by atoms with Crippen molar-refractivity contribution in [3.05, 3.63) is 120 Å². The number of fused-ring (bicyclic) bond motifs is 2. The Hall–Kier alpha value is -6.82. The van der Waals surface area contributed by atoms with E-state index >= 15 is 0 Å². The summed E-state index contributed by atoms with van der Waals surface area (Å²) in [6, 6.07) is 19.9. The Balaban J connectivity index is 0.000000206. The van der Waals surface area contributed by atoms with Gasteiger partial charge in [-0.25, -0.2) is 9.97 Å². The van der Waals surface area contributed by atoms with Gasteiger partial charge in [-0.2, -0.15) is 0 Å². The SMILES string of the molecule is C.C.CCOC(=O)CCCN1C[C@@H]2C(C#Cc3ccc(-c4cc(Cn5ccnc5[C@H](C)O)no4)cc3)[C@@H]2C1.C[C@H](O)c1nccn1Cc1cc(-c2ccc(C#CC3[C@H]4CN(CCCC(=O)O)C[C@@H]34)cc2)on1. The van der Waals surface area contributed by atoms with E-state index in [-0.39, 0.29) is 27.2 Å². The van der Waals surface area contributed by atoms with Crippen LogP contribution in [0, 0.1) is 59.2 Å². The number of piperidine rings is 2. The molecule has 4 aliphatic rings. The molecule has 10 rings (SSSR count).